The Hall–Kier alpha value is -3.06. The molecule has 0 bridgehead atoms. The van der Waals surface area contributed by atoms with Gasteiger partial charge >= 0.3 is 0 Å². The SMILES string of the molecule is Cc1ccc(-c2nc(C)c(C(C)NC(=O)CCc3c(C)nc4cc(C)nn4c3C)s2)cc1. The predicted octanol–water partition coefficient (Wildman–Crippen LogP) is 5.20. The molecule has 0 aliphatic heterocycles. The standard InChI is InChI=1S/C25H29N5OS/c1-14-7-9-20(10-8-14)25-28-18(5)24(32-25)17(4)27-23(31)12-11-21-16(3)26-22-13-15(2)29-30(22)19(21)6/h7-10,13,17H,11-12H2,1-6H3,(H,27,31). The van der Waals surface area contributed by atoms with E-state index in [2.05, 4.69) is 46.6 Å². The van der Waals surface area contributed by atoms with Gasteiger partial charge in [-0.05, 0) is 53.5 Å². The average molecular weight is 448 g/mol. The van der Waals surface area contributed by atoms with Gasteiger partial charge in [-0.15, -0.1) is 11.3 Å². The number of carbonyl (C=O) groups excluding carboxylic acids is 1. The van der Waals surface area contributed by atoms with Crippen molar-refractivity contribution in [3.8, 4) is 10.6 Å². The summed E-state index contributed by atoms with van der Waals surface area (Å²) in [6.07, 6.45) is 1.04. The first-order valence-electron chi connectivity index (χ1n) is 10.9. The second-order valence-electron chi connectivity index (χ2n) is 8.44. The molecule has 1 unspecified atom stereocenters. The fourth-order valence-corrected chi connectivity index (χ4v) is 5.12. The molecule has 6 nitrogen and oxygen atoms in total. The van der Waals surface area contributed by atoms with Crippen LogP contribution in [0.15, 0.2) is 30.3 Å². The first-order chi connectivity index (χ1) is 15.2. The highest BCUT2D eigenvalue weighted by atomic mass is 32.1. The molecule has 0 spiro atoms. The van der Waals surface area contributed by atoms with Gasteiger partial charge in [-0.1, -0.05) is 29.8 Å². The maximum atomic E-state index is 12.7. The van der Waals surface area contributed by atoms with Crippen molar-refractivity contribution in [2.75, 3.05) is 0 Å². The quantitative estimate of drug-likeness (QED) is 0.441. The van der Waals surface area contributed by atoms with E-state index < -0.39 is 0 Å². The Kier molecular flexibility index (Phi) is 6.11. The van der Waals surface area contributed by atoms with Crippen molar-refractivity contribution < 1.29 is 4.79 Å². The Morgan fingerprint density at radius 1 is 1.06 bits per heavy atom. The van der Waals surface area contributed by atoms with Gasteiger partial charge in [0.25, 0.3) is 0 Å². The predicted molar refractivity (Wildman–Crippen MR) is 129 cm³/mol. The lowest BCUT2D eigenvalue weighted by Crippen LogP contribution is -2.27. The van der Waals surface area contributed by atoms with Crippen molar-refractivity contribution in [3.63, 3.8) is 0 Å². The largest absolute Gasteiger partial charge is 0.349 e. The van der Waals surface area contributed by atoms with Crippen LogP contribution in [0, 0.1) is 34.6 Å². The molecule has 3 heterocycles. The molecule has 1 aromatic carbocycles. The maximum absolute atomic E-state index is 12.7. The molecule has 1 amide bonds. The molecule has 7 heteroatoms. The summed E-state index contributed by atoms with van der Waals surface area (Å²) in [7, 11) is 0. The number of aromatic nitrogens is 4. The number of amides is 1. The number of hydrogen-bond donors (Lipinski definition) is 1. The van der Waals surface area contributed by atoms with E-state index in [-0.39, 0.29) is 11.9 Å². The van der Waals surface area contributed by atoms with Gasteiger partial charge in [0, 0.05) is 29.4 Å². The highest BCUT2D eigenvalue weighted by Gasteiger charge is 2.18. The minimum absolute atomic E-state index is 0.0257. The second-order valence-corrected chi connectivity index (χ2v) is 9.47. The van der Waals surface area contributed by atoms with Crippen LogP contribution in [-0.2, 0) is 11.2 Å². The summed E-state index contributed by atoms with van der Waals surface area (Å²) >= 11 is 1.64. The number of nitrogens with one attached hydrogen (secondary N) is 1. The number of hydrogen-bond acceptors (Lipinski definition) is 5. The molecule has 0 saturated heterocycles. The summed E-state index contributed by atoms with van der Waals surface area (Å²) in [5.74, 6) is 0.0257. The number of fused-ring (bicyclic) bond motifs is 1. The smallest absolute Gasteiger partial charge is 0.220 e. The molecule has 0 saturated carbocycles. The molecule has 0 aliphatic carbocycles. The van der Waals surface area contributed by atoms with Gasteiger partial charge in [0.1, 0.15) is 5.01 Å². The Morgan fingerprint density at radius 2 is 1.78 bits per heavy atom. The van der Waals surface area contributed by atoms with E-state index in [0.29, 0.717) is 12.8 Å². The molecule has 1 atom stereocenters. The highest BCUT2D eigenvalue weighted by molar-refractivity contribution is 7.15. The summed E-state index contributed by atoms with van der Waals surface area (Å²) in [5.41, 5.74) is 8.17. The van der Waals surface area contributed by atoms with E-state index in [1.165, 1.54) is 5.56 Å². The Morgan fingerprint density at radius 3 is 2.50 bits per heavy atom. The van der Waals surface area contributed by atoms with Crippen molar-refractivity contribution >= 4 is 22.9 Å². The molecule has 0 aliphatic rings. The van der Waals surface area contributed by atoms with Gasteiger partial charge in [-0.2, -0.15) is 5.10 Å². The molecule has 166 valence electrons. The van der Waals surface area contributed by atoms with Crippen molar-refractivity contribution in [3.05, 3.63) is 69.1 Å². The molecule has 32 heavy (non-hydrogen) atoms. The van der Waals surface area contributed by atoms with Crippen LogP contribution >= 0.6 is 11.3 Å². The van der Waals surface area contributed by atoms with Crippen LogP contribution < -0.4 is 5.32 Å². The van der Waals surface area contributed by atoms with Crippen molar-refractivity contribution in [2.45, 2.75) is 60.4 Å². The van der Waals surface area contributed by atoms with Gasteiger partial charge in [-0.3, -0.25) is 4.79 Å². The summed E-state index contributed by atoms with van der Waals surface area (Å²) in [5, 5.41) is 8.65. The van der Waals surface area contributed by atoms with Crippen LogP contribution in [0.2, 0.25) is 0 Å². The summed E-state index contributed by atoms with van der Waals surface area (Å²) in [6.45, 7) is 12.1. The lowest BCUT2D eigenvalue weighted by atomic mass is 10.1. The van der Waals surface area contributed by atoms with Crippen molar-refractivity contribution in [2.24, 2.45) is 0 Å². The second kappa shape index (κ2) is 8.82. The van der Waals surface area contributed by atoms with E-state index in [0.717, 1.165) is 49.4 Å². The van der Waals surface area contributed by atoms with Crippen LogP contribution in [0.4, 0.5) is 0 Å². The first kappa shape index (κ1) is 22.1. The fourth-order valence-electron chi connectivity index (χ4n) is 4.05. The van der Waals surface area contributed by atoms with E-state index in [9.17, 15) is 4.79 Å². The lowest BCUT2D eigenvalue weighted by molar-refractivity contribution is -0.121. The molecular weight excluding hydrogens is 418 g/mol. The topological polar surface area (TPSA) is 72.2 Å². The van der Waals surface area contributed by atoms with Gasteiger partial charge in [0.15, 0.2) is 5.65 Å². The summed E-state index contributed by atoms with van der Waals surface area (Å²) < 4.78 is 1.87. The van der Waals surface area contributed by atoms with E-state index in [1.807, 2.05) is 45.2 Å². The number of carbonyl (C=O) groups is 1. The van der Waals surface area contributed by atoms with Crippen LogP contribution in [0.3, 0.4) is 0 Å². The summed E-state index contributed by atoms with van der Waals surface area (Å²) in [6, 6.07) is 10.3. The first-order valence-corrected chi connectivity index (χ1v) is 11.7. The average Bonchev–Trinajstić information content (AvgIpc) is 3.30. The minimum Gasteiger partial charge on any atom is -0.349 e. The third-order valence-corrected chi connectivity index (χ3v) is 7.18. The molecule has 4 rings (SSSR count). The lowest BCUT2D eigenvalue weighted by Gasteiger charge is -2.14. The van der Waals surface area contributed by atoms with Crippen LogP contribution in [0.25, 0.3) is 16.2 Å². The zero-order valence-corrected chi connectivity index (χ0v) is 20.3. The molecule has 4 aromatic rings. The third kappa shape index (κ3) is 4.43. The van der Waals surface area contributed by atoms with Crippen molar-refractivity contribution in [1.82, 2.24) is 24.9 Å². The van der Waals surface area contributed by atoms with Crippen LogP contribution in [0.1, 0.15) is 58.2 Å². The fraction of sp³-hybridized carbons (Fsp3) is 0.360. The monoisotopic (exact) mass is 447 g/mol. The minimum atomic E-state index is -0.0873. The Balaban J connectivity index is 1.44. The zero-order valence-electron chi connectivity index (χ0n) is 19.5. The molecular formula is C25H29N5OS. The van der Waals surface area contributed by atoms with E-state index >= 15 is 0 Å². The van der Waals surface area contributed by atoms with Gasteiger partial charge in [-0.25, -0.2) is 14.5 Å². The maximum Gasteiger partial charge on any atom is 0.220 e. The molecule has 0 fully saturated rings. The number of nitrogens with zero attached hydrogens (tertiary/aromatic N) is 4. The third-order valence-electron chi connectivity index (χ3n) is 5.79. The number of rotatable bonds is 6. The number of benzene rings is 1. The van der Waals surface area contributed by atoms with Crippen molar-refractivity contribution in [1.29, 1.82) is 0 Å². The summed E-state index contributed by atoms with van der Waals surface area (Å²) in [4.78, 5) is 23.2. The number of thiazole rings is 1. The highest BCUT2D eigenvalue weighted by Crippen LogP contribution is 2.32. The normalized spacial score (nSPS) is 12.3. The van der Waals surface area contributed by atoms with Gasteiger partial charge < -0.3 is 5.32 Å². The zero-order chi connectivity index (χ0) is 23.0. The Labute approximate surface area is 192 Å². The van der Waals surface area contributed by atoms with Gasteiger partial charge in [0.05, 0.1) is 22.3 Å². The van der Waals surface area contributed by atoms with Gasteiger partial charge in [0.2, 0.25) is 5.91 Å². The van der Waals surface area contributed by atoms with Crippen LogP contribution in [0.5, 0.6) is 0 Å². The van der Waals surface area contributed by atoms with E-state index in [1.54, 1.807) is 11.3 Å². The van der Waals surface area contributed by atoms with Crippen LogP contribution in [-0.4, -0.2) is 25.5 Å². The number of aryl methyl sites for hydroxylation is 5. The molecule has 1 N–H and O–H groups in total. The van der Waals surface area contributed by atoms with E-state index in [4.69, 9.17) is 4.98 Å². The Bertz CT molecular complexity index is 1290. The molecule has 0 radical (unpaired) electrons. The molecule has 3 aromatic heterocycles.